The molecule has 2 heterocycles. The van der Waals surface area contributed by atoms with Crippen LogP contribution in [0, 0.1) is 0 Å². The van der Waals surface area contributed by atoms with Crippen molar-refractivity contribution >= 4 is 43.9 Å². The van der Waals surface area contributed by atoms with Crippen molar-refractivity contribution in [3.63, 3.8) is 0 Å². The maximum absolute atomic E-state index is 6.47. The lowest BCUT2D eigenvalue weighted by molar-refractivity contribution is 0.529. The molecule has 0 fully saturated rings. The summed E-state index contributed by atoms with van der Waals surface area (Å²) in [6.45, 7) is 4.60. The fraction of sp³-hybridized carbons (Fsp3) is 0.667. The van der Waals surface area contributed by atoms with E-state index in [4.69, 9.17) is 8.83 Å². The maximum atomic E-state index is 6.47. The van der Waals surface area contributed by atoms with Crippen LogP contribution in [-0.4, -0.2) is 0 Å². The lowest BCUT2D eigenvalue weighted by Crippen LogP contribution is -1.87. The predicted octanol–water partition coefficient (Wildman–Crippen LogP) is 19.1. The predicted molar refractivity (Wildman–Crippen MR) is 247 cm³/mol. The van der Waals surface area contributed by atoms with Gasteiger partial charge in [0.1, 0.15) is 22.3 Å². The van der Waals surface area contributed by atoms with Crippen molar-refractivity contribution in [2.45, 2.75) is 232 Å². The van der Waals surface area contributed by atoms with E-state index in [1.54, 1.807) is 0 Å². The lowest BCUT2D eigenvalue weighted by Gasteiger charge is -2.04. The average Bonchev–Trinajstić information content (AvgIpc) is 3.75. The Morgan fingerprint density at radius 3 is 0.804 bits per heavy atom. The van der Waals surface area contributed by atoms with Crippen molar-refractivity contribution in [2.24, 2.45) is 0 Å². The quantitative estimate of drug-likeness (QED) is 0.0390. The summed E-state index contributed by atoms with van der Waals surface area (Å²) in [5.41, 5.74) is 6.74. The molecule has 5 aromatic rings. The summed E-state index contributed by atoms with van der Waals surface area (Å²) in [5, 5.41) is 4.72. The molecule has 0 atom stereocenters. The summed E-state index contributed by atoms with van der Waals surface area (Å²) in [7, 11) is 0. The molecule has 0 unspecified atom stereocenters. The second-order valence-corrected chi connectivity index (χ2v) is 17.8. The Morgan fingerprint density at radius 1 is 0.268 bits per heavy atom. The standard InChI is InChI=1S/C54H82O2/c1-3-5-7-9-11-13-15-17-19-21-23-25-27-29-31-33-35-45-37-39-47-49-43-54-50(44-53(49)55-51(47)41-45)48-40-38-46(42-52(48)56-54)36-34-32-30-28-26-24-22-20-18-16-14-12-10-8-6-4-2/h37-44H,3-36H2,1-2H3. The number of hydrogen-bond acceptors (Lipinski definition) is 2. The Kier molecular flexibility index (Phi) is 21.4. The molecule has 0 amide bonds. The van der Waals surface area contributed by atoms with Gasteiger partial charge in [-0.05, 0) is 61.1 Å². The number of aryl methyl sites for hydroxylation is 2. The molecule has 310 valence electrons. The first kappa shape index (κ1) is 44.4. The molecule has 0 bridgehead atoms. The highest BCUT2D eigenvalue weighted by Gasteiger charge is 2.14. The van der Waals surface area contributed by atoms with Gasteiger partial charge in [-0.3, -0.25) is 0 Å². The van der Waals surface area contributed by atoms with Gasteiger partial charge in [0.15, 0.2) is 0 Å². The van der Waals surface area contributed by atoms with Gasteiger partial charge in [-0.15, -0.1) is 0 Å². The zero-order valence-corrected chi connectivity index (χ0v) is 36.5. The smallest absolute Gasteiger partial charge is 0.136 e. The summed E-state index contributed by atoms with van der Waals surface area (Å²) in [4.78, 5) is 0. The van der Waals surface area contributed by atoms with Crippen molar-refractivity contribution in [2.75, 3.05) is 0 Å². The van der Waals surface area contributed by atoms with Gasteiger partial charge in [-0.1, -0.05) is 231 Å². The second-order valence-electron chi connectivity index (χ2n) is 17.8. The van der Waals surface area contributed by atoms with E-state index in [1.165, 1.54) is 227 Å². The summed E-state index contributed by atoms with van der Waals surface area (Å²) >= 11 is 0. The molecule has 0 aliphatic heterocycles. The van der Waals surface area contributed by atoms with Crippen molar-refractivity contribution in [3.05, 3.63) is 59.7 Å². The zero-order chi connectivity index (χ0) is 38.9. The minimum atomic E-state index is 0.965. The van der Waals surface area contributed by atoms with Gasteiger partial charge in [0, 0.05) is 21.5 Å². The minimum Gasteiger partial charge on any atom is -0.456 e. The number of furan rings is 2. The van der Waals surface area contributed by atoms with Gasteiger partial charge in [-0.25, -0.2) is 0 Å². The Morgan fingerprint density at radius 2 is 0.518 bits per heavy atom. The fourth-order valence-electron chi connectivity index (χ4n) is 9.20. The van der Waals surface area contributed by atoms with Crippen LogP contribution in [0.1, 0.15) is 230 Å². The molecular weight excluding hydrogens is 681 g/mol. The van der Waals surface area contributed by atoms with Gasteiger partial charge in [-0.2, -0.15) is 0 Å². The minimum absolute atomic E-state index is 0.965. The average molecular weight is 763 g/mol. The van der Waals surface area contributed by atoms with E-state index in [0.29, 0.717) is 0 Å². The Bertz CT molecular complexity index is 1620. The first-order valence-corrected chi connectivity index (χ1v) is 24.6. The highest BCUT2D eigenvalue weighted by molar-refractivity contribution is 6.14. The van der Waals surface area contributed by atoms with Crippen molar-refractivity contribution < 1.29 is 8.83 Å². The van der Waals surface area contributed by atoms with E-state index in [-0.39, 0.29) is 0 Å². The van der Waals surface area contributed by atoms with Crippen LogP contribution in [0.5, 0.6) is 0 Å². The molecule has 0 aliphatic carbocycles. The molecule has 0 saturated heterocycles. The number of rotatable bonds is 34. The Labute approximate surface area is 343 Å². The highest BCUT2D eigenvalue weighted by Crippen LogP contribution is 2.37. The molecule has 56 heavy (non-hydrogen) atoms. The lowest BCUT2D eigenvalue weighted by atomic mass is 10.0. The maximum Gasteiger partial charge on any atom is 0.136 e. The van der Waals surface area contributed by atoms with Crippen LogP contribution in [-0.2, 0) is 12.8 Å². The summed E-state index contributed by atoms with van der Waals surface area (Å²) < 4.78 is 12.9. The SMILES string of the molecule is CCCCCCCCCCCCCCCCCCc1ccc2c(c1)oc1cc3c(cc12)oc1cc(CCCCCCCCCCCCCCCCCC)ccc13. The van der Waals surface area contributed by atoms with E-state index < -0.39 is 0 Å². The molecule has 2 heteroatoms. The van der Waals surface area contributed by atoms with Crippen LogP contribution in [0.4, 0.5) is 0 Å². The highest BCUT2D eigenvalue weighted by atomic mass is 16.3. The molecule has 0 saturated carbocycles. The van der Waals surface area contributed by atoms with E-state index >= 15 is 0 Å². The number of hydrogen-bond donors (Lipinski definition) is 0. The van der Waals surface area contributed by atoms with E-state index in [0.717, 1.165) is 45.9 Å². The molecule has 0 N–H and O–H groups in total. The monoisotopic (exact) mass is 763 g/mol. The summed E-state index contributed by atoms with van der Waals surface area (Å²) in [6, 6.07) is 18.2. The Hall–Kier alpha value is -2.74. The number of benzene rings is 3. The Balaban J connectivity index is 0.942. The topological polar surface area (TPSA) is 26.3 Å². The summed E-state index contributed by atoms with van der Waals surface area (Å²) in [5.74, 6) is 0. The summed E-state index contributed by atoms with van der Waals surface area (Å²) in [6.07, 6.45) is 47.5. The molecule has 0 radical (unpaired) electrons. The number of unbranched alkanes of at least 4 members (excludes halogenated alkanes) is 30. The third-order valence-electron chi connectivity index (χ3n) is 12.8. The molecule has 2 nitrogen and oxygen atoms in total. The largest absolute Gasteiger partial charge is 0.456 e. The third-order valence-corrected chi connectivity index (χ3v) is 12.8. The second kappa shape index (κ2) is 27.0. The van der Waals surface area contributed by atoms with E-state index in [1.807, 2.05) is 0 Å². The van der Waals surface area contributed by atoms with Crippen LogP contribution in [0.25, 0.3) is 43.9 Å². The van der Waals surface area contributed by atoms with Crippen LogP contribution >= 0.6 is 0 Å². The van der Waals surface area contributed by atoms with Gasteiger partial charge < -0.3 is 8.83 Å². The van der Waals surface area contributed by atoms with Crippen LogP contribution in [0.2, 0.25) is 0 Å². The van der Waals surface area contributed by atoms with Crippen molar-refractivity contribution in [1.82, 2.24) is 0 Å². The molecule has 5 rings (SSSR count). The molecule has 2 aromatic heterocycles. The van der Waals surface area contributed by atoms with Gasteiger partial charge >= 0.3 is 0 Å². The van der Waals surface area contributed by atoms with Gasteiger partial charge in [0.25, 0.3) is 0 Å². The van der Waals surface area contributed by atoms with Gasteiger partial charge in [0.2, 0.25) is 0 Å². The van der Waals surface area contributed by atoms with Gasteiger partial charge in [0.05, 0.1) is 0 Å². The van der Waals surface area contributed by atoms with Crippen molar-refractivity contribution in [3.8, 4) is 0 Å². The fourth-order valence-corrected chi connectivity index (χ4v) is 9.20. The molecule has 0 spiro atoms. The van der Waals surface area contributed by atoms with Crippen LogP contribution in [0.15, 0.2) is 57.4 Å². The normalized spacial score (nSPS) is 12.0. The first-order valence-electron chi connectivity index (χ1n) is 24.6. The van der Waals surface area contributed by atoms with E-state index in [2.05, 4.69) is 62.4 Å². The first-order chi connectivity index (χ1) is 27.8. The zero-order valence-electron chi connectivity index (χ0n) is 36.5. The van der Waals surface area contributed by atoms with Crippen molar-refractivity contribution in [1.29, 1.82) is 0 Å². The molecule has 3 aromatic carbocycles. The number of fused-ring (bicyclic) bond motifs is 6. The molecular formula is C54H82O2. The molecule has 0 aliphatic rings. The van der Waals surface area contributed by atoms with Crippen LogP contribution in [0.3, 0.4) is 0 Å². The van der Waals surface area contributed by atoms with Crippen LogP contribution < -0.4 is 0 Å². The van der Waals surface area contributed by atoms with E-state index in [9.17, 15) is 0 Å². The third kappa shape index (κ3) is 15.5.